The maximum absolute atomic E-state index is 2.39. The Hall–Kier alpha value is -5.98. The second kappa shape index (κ2) is 13.0. The molecule has 2 aliphatic carbocycles. The fourth-order valence-electron chi connectivity index (χ4n) is 8.76. The summed E-state index contributed by atoms with van der Waals surface area (Å²) in [6.07, 6.45) is 1.91. The molecule has 0 saturated heterocycles. The first-order valence-corrected chi connectivity index (χ1v) is 18.4. The lowest BCUT2D eigenvalue weighted by atomic mass is 9.73. The normalized spacial score (nSPS) is 14.3. The van der Waals surface area contributed by atoms with Crippen LogP contribution < -0.4 is 0 Å². The van der Waals surface area contributed by atoms with Crippen LogP contribution in [0.25, 0.3) is 44.2 Å². The van der Waals surface area contributed by atoms with Gasteiger partial charge in [-0.05, 0) is 107 Å². The molecule has 0 fully saturated rings. The zero-order chi connectivity index (χ0) is 34.3. The van der Waals surface area contributed by atoms with Crippen molar-refractivity contribution < 1.29 is 0 Å². The number of fused-ring (bicyclic) bond motifs is 2. The molecule has 0 unspecified atom stereocenters. The zero-order valence-corrected chi connectivity index (χ0v) is 29.2. The first-order valence-electron chi connectivity index (χ1n) is 18.4. The summed E-state index contributed by atoms with van der Waals surface area (Å²) in [5, 5.41) is 2.71. The van der Waals surface area contributed by atoms with Crippen molar-refractivity contribution in [2.75, 3.05) is 0 Å². The number of rotatable bonds is 7. The standard InChI is InChI=1S/C51H40/c1-3-34-30-32-41-33-31-35(4-2)43-47(41)42(34)50-48(39-26-16-8-17-27-39)45(37-22-12-6-13-23-37)44(36-20-10-5-11-21-36)46(38-24-14-7-15-25-38)49(51(43)50)40-28-18-9-19-29-40/h5-33,44H,3-4H2,1-2H3. The highest BCUT2D eigenvalue weighted by atomic mass is 14.4. The molecule has 0 bridgehead atoms. The van der Waals surface area contributed by atoms with E-state index < -0.39 is 0 Å². The van der Waals surface area contributed by atoms with E-state index in [1.54, 1.807) is 0 Å². The monoisotopic (exact) mass is 652 g/mol. The first kappa shape index (κ1) is 31.0. The van der Waals surface area contributed by atoms with E-state index in [1.165, 1.54) is 94.3 Å². The van der Waals surface area contributed by atoms with E-state index in [2.05, 4.69) is 190 Å². The van der Waals surface area contributed by atoms with E-state index in [0.717, 1.165) is 12.8 Å². The Labute approximate surface area is 301 Å². The first-order chi connectivity index (χ1) is 25.3. The minimum atomic E-state index is -0.0615. The van der Waals surface area contributed by atoms with E-state index in [4.69, 9.17) is 0 Å². The topological polar surface area (TPSA) is 0 Å². The van der Waals surface area contributed by atoms with Crippen LogP contribution in [-0.2, 0) is 12.8 Å². The van der Waals surface area contributed by atoms with Crippen LogP contribution in [0.3, 0.4) is 0 Å². The molecule has 0 radical (unpaired) electrons. The third kappa shape index (κ3) is 5.05. The van der Waals surface area contributed by atoms with Crippen molar-refractivity contribution in [1.29, 1.82) is 0 Å². The van der Waals surface area contributed by atoms with Crippen molar-refractivity contribution in [3.05, 3.63) is 226 Å². The lowest BCUT2D eigenvalue weighted by Gasteiger charge is -2.29. The quantitative estimate of drug-likeness (QED) is 0.161. The second-order valence-electron chi connectivity index (χ2n) is 13.6. The molecular weight excluding hydrogens is 613 g/mol. The van der Waals surface area contributed by atoms with Gasteiger partial charge in [0.05, 0.1) is 0 Å². The van der Waals surface area contributed by atoms with Gasteiger partial charge in [-0.2, -0.15) is 0 Å². The van der Waals surface area contributed by atoms with Crippen molar-refractivity contribution in [1.82, 2.24) is 0 Å². The summed E-state index contributed by atoms with van der Waals surface area (Å²) in [7, 11) is 0. The molecule has 0 atom stereocenters. The van der Waals surface area contributed by atoms with Crippen molar-refractivity contribution in [2.24, 2.45) is 0 Å². The molecule has 2 aliphatic rings. The van der Waals surface area contributed by atoms with Gasteiger partial charge in [0.15, 0.2) is 0 Å². The van der Waals surface area contributed by atoms with Gasteiger partial charge in [-0.3, -0.25) is 0 Å². The number of hydrogen-bond donors (Lipinski definition) is 0. The molecular formula is C51H40. The second-order valence-corrected chi connectivity index (χ2v) is 13.6. The molecule has 0 aliphatic heterocycles. The molecule has 0 amide bonds. The minimum absolute atomic E-state index is 0.0615. The van der Waals surface area contributed by atoms with E-state index in [1.807, 2.05) is 0 Å². The largest absolute Gasteiger partial charge is 0.0622 e. The molecule has 0 heteroatoms. The smallest absolute Gasteiger partial charge is 0.0364 e. The number of aryl methyl sites for hydroxylation is 2. The number of benzene rings is 7. The molecule has 0 N–H and O–H groups in total. The van der Waals surface area contributed by atoms with Crippen LogP contribution in [0.1, 0.15) is 69.8 Å². The van der Waals surface area contributed by atoms with Crippen LogP contribution in [0.15, 0.2) is 176 Å². The minimum Gasteiger partial charge on any atom is -0.0622 e. The molecule has 0 spiro atoms. The highest BCUT2D eigenvalue weighted by Gasteiger charge is 2.41. The Morgan fingerprint density at radius 3 is 1.08 bits per heavy atom. The van der Waals surface area contributed by atoms with E-state index >= 15 is 0 Å². The average Bonchev–Trinajstić information content (AvgIpc) is 3.48. The van der Waals surface area contributed by atoms with E-state index in [0.29, 0.717) is 0 Å². The van der Waals surface area contributed by atoms with Gasteiger partial charge in [-0.25, -0.2) is 0 Å². The number of allylic oxidation sites excluding steroid dienone is 6. The van der Waals surface area contributed by atoms with Crippen molar-refractivity contribution >= 4 is 44.2 Å². The van der Waals surface area contributed by atoms with Gasteiger partial charge in [0, 0.05) is 5.92 Å². The zero-order valence-electron chi connectivity index (χ0n) is 29.2. The Morgan fingerprint density at radius 1 is 0.353 bits per heavy atom. The summed E-state index contributed by atoms with van der Waals surface area (Å²) in [6, 6.07) is 65.5. The highest BCUT2D eigenvalue weighted by molar-refractivity contribution is 6.41. The molecule has 0 aromatic heterocycles. The highest BCUT2D eigenvalue weighted by Crippen LogP contribution is 2.63. The Morgan fingerprint density at radius 2 is 0.706 bits per heavy atom. The maximum Gasteiger partial charge on any atom is 0.0364 e. The Bertz CT molecular complexity index is 2330. The third-order valence-corrected chi connectivity index (χ3v) is 10.9. The van der Waals surface area contributed by atoms with Crippen LogP contribution in [-0.4, -0.2) is 0 Å². The van der Waals surface area contributed by atoms with Gasteiger partial charge in [0.1, 0.15) is 0 Å². The Kier molecular flexibility index (Phi) is 7.94. The van der Waals surface area contributed by atoms with Crippen molar-refractivity contribution in [3.63, 3.8) is 0 Å². The summed E-state index contributed by atoms with van der Waals surface area (Å²) in [4.78, 5) is 0. The van der Waals surface area contributed by atoms with E-state index in [-0.39, 0.29) is 5.92 Å². The van der Waals surface area contributed by atoms with Crippen LogP contribution in [0.2, 0.25) is 0 Å². The molecule has 9 rings (SSSR count). The predicted molar refractivity (Wildman–Crippen MR) is 218 cm³/mol. The molecule has 7 aromatic rings. The lowest BCUT2D eigenvalue weighted by Crippen LogP contribution is -2.10. The van der Waals surface area contributed by atoms with E-state index in [9.17, 15) is 0 Å². The summed E-state index contributed by atoms with van der Waals surface area (Å²) >= 11 is 0. The lowest BCUT2D eigenvalue weighted by molar-refractivity contribution is 1.12. The predicted octanol–water partition coefficient (Wildman–Crippen LogP) is 13.2. The molecule has 0 heterocycles. The van der Waals surface area contributed by atoms with Crippen LogP contribution in [0.4, 0.5) is 0 Å². The van der Waals surface area contributed by atoms with Gasteiger partial charge in [-0.15, -0.1) is 0 Å². The molecule has 0 nitrogen and oxygen atoms in total. The average molecular weight is 653 g/mol. The van der Waals surface area contributed by atoms with Gasteiger partial charge < -0.3 is 0 Å². The summed E-state index contributed by atoms with van der Waals surface area (Å²) < 4.78 is 0. The van der Waals surface area contributed by atoms with Crippen LogP contribution in [0, 0.1) is 0 Å². The number of hydrogen-bond acceptors (Lipinski definition) is 0. The van der Waals surface area contributed by atoms with Crippen LogP contribution in [0.5, 0.6) is 0 Å². The fraction of sp³-hybridized carbons (Fsp3) is 0.0980. The fourth-order valence-corrected chi connectivity index (χ4v) is 8.76. The summed E-state index contributed by atoms with van der Waals surface area (Å²) in [6.45, 7) is 4.63. The van der Waals surface area contributed by atoms with Crippen LogP contribution >= 0.6 is 0 Å². The Balaban J connectivity index is 1.61. The van der Waals surface area contributed by atoms with Crippen molar-refractivity contribution in [2.45, 2.75) is 32.6 Å². The van der Waals surface area contributed by atoms with Gasteiger partial charge >= 0.3 is 0 Å². The van der Waals surface area contributed by atoms with Gasteiger partial charge in [0.2, 0.25) is 0 Å². The summed E-state index contributed by atoms with van der Waals surface area (Å²) in [5.41, 5.74) is 19.9. The SMILES string of the molecule is CCc1ccc2ccc(CC)c3c2c1C1=C3C(c2ccccc2)=C(c2ccccc2)C(c2ccccc2)C(c2ccccc2)=C1c1ccccc1. The summed E-state index contributed by atoms with van der Waals surface area (Å²) in [5.74, 6) is -0.0615. The third-order valence-electron chi connectivity index (χ3n) is 10.9. The molecule has 0 saturated carbocycles. The van der Waals surface area contributed by atoms with Gasteiger partial charge in [-0.1, -0.05) is 190 Å². The van der Waals surface area contributed by atoms with Crippen molar-refractivity contribution in [3.8, 4) is 0 Å². The molecule has 244 valence electrons. The maximum atomic E-state index is 2.39. The molecule has 7 aromatic carbocycles. The molecule has 51 heavy (non-hydrogen) atoms. The van der Waals surface area contributed by atoms with Gasteiger partial charge in [0.25, 0.3) is 0 Å².